The number of alkyl halides is 1. The van der Waals surface area contributed by atoms with Gasteiger partial charge >= 0.3 is 0 Å². The molecule has 0 unspecified atom stereocenters. The standard InChI is InChI=1S/C13H16BrClN4/c1-18-4-2-10(3-5-18)19-12(7-15)17-11-6-9(14)8-16-13(11)19/h6,8,10H,2-5,7H2,1H3. The third-order valence-corrected chi connectivity index (χ3v) is 4.42. The molecule has 1 fully saturated rings. The van der Waals surface area contributed by atoms with Gasteiger partial charge in [0.2, 0.25) is 0 Å². The van der Waals surface area contributed by atoms with Crippen molar-refractivity contribution in [1.29, 1.82) is 0 Å². The maximum atomic E-state index is 6.06. The van der Waals surface area contributed by atoms with Crippen LogP contribution < -0.4 is 0 Å². The summed E-state index contributed by atoms with van der Waals surface area (Å²) in [6, 6.07) is 2.47. The van der Waals surface area contributed by atoms with Gasteiger partial charge in [-0.05, 0) is 55.0 Å². The van der Waals surface area contributed by atoms with Crippen molar-refractivity contribution in [3.8, 4) is 0 Å². The maximum absolute atomic E-state index is 6.06. The van der Waals surface area contributed by atoms with Crippen molar-refractivity contribution in [3.63, 3.8) is 0 Å². The minimum absolute atomic E-state index is 0.431. The Hall–Kier alpha value is -0.650. The van der Waals surface area contributed by atoms with Gasteiger partial charge in [-0.3, -0.25) is 0 Å². The summed E-state index contributed by atoms with van der Waals surface area (Å²) in [5.41, 5.74) is 1.87. The van der Waals surface area contributed by atoms with E-state index >= 15 is 0 Å². The molecule has 0 bridgehead atoms. The first-order valence-corrected chi connectivity index (χ1v) is 7.78. The summed E-state index contributed by atoms with van der Waals surface area (Å²) in [6.07, 6.45) is 4.08. The molecule has 1 aliphatic heterocycles. The molecule has 0 radical (unpaired) electrons. The zero-order valence-corrected chi connectivity index (χ0v) is 13.2. The predicted molar refractivity (Wildman–Crippen MR) is 80.6 cm³/mol. The number of likely N-dealkylation sites (tertiary alicyclic amines) is 1. The quantitative estimate of drug-likeness (QED) is 0.785. The van der Waals surface area contributed by atoms with Gasteiger partial charge in [-0.2, -0.15) is 0 Å². The topological polar surface area (TPSA) is 34.0 Å². The van der Waals surface area contributed by atoms with Gasteiger partial charge in [-0.25, -0.2) is 9.97 Å². The highest BCUT2D eigenvalue weighted by molar-refractivity contribution is 9.10. The summed E-state index contributed by atoms with van der Waals surface area (Å²) in [5, 5.41) is 0. The summed E-state index contributed by atoms with van der Waals surface area (Å²) in [4.78, 5) is 11.5. The lowest BCUT2D eigenvalue weighted by Gasteiger charge is -2.30. The first-order chi connectivity index (χ1) is 9.19. The Morgan fingerprint density at radius 2 is 2.16 bits per heavy atom. The normalized spacial score (nSPS) is 18.3. The summed E-state index contributed by atoms with van der Waals surface area (Å²) in [5.74, 6) is 1.36. The molecule has 19 heavy (non-hydrogen) atoms. The van der Waals surface area contributed by atoms with Gasteiger partial charge in [0.25, 0.3) is 0 Å². The Morgan fingerprint density at radius 1 is 1.42 bits per heavy atom. The molecule has 102 valence electrons. The van der Waals surface area contributed by atoms with Crippen LogP contribution in [-0.2, 0) is 5.88 Å². The fraction of sp³-hybridized carbons (Fsp3) is 0.538. The van der Waals surface area contributed by atoms with E-state index in [9.17, 15) is 0 Å². The van der Waals surface area contributed by atoms with Crippen LogP contribution in [0, 0.1) is 0 Å². The average molecular weight is 344 g/mol. The van der Waals surface area contributed by atoms with E-state index in [1.807, 2.05) is 12.3 Å². The molecule has 4 nitrogen and oxygen atoms in total. The third kappa shape index (κ3) is 2.51. The second kappa shape index (κ2) is 5.38. The Bertz CT molecular complexity index is 590. The molecule has 1 saturated heterocycles. The summed E-state index contributed by atoms with van der Waals surface area (Å²) in [6.45, 7) is 2.23. The molecule has 6 heteroatoms. The molecule has 0 atom stereocenters. The van der Waals surface area contributed by atoms with E-state index in [4.69, 9.17) is 11.6 Å². The minimum atomic E-state index is 0.431. The molecule has 0 aromatic carbocycles. The second-order valence-corrected chi connectivity index (χ2v) is 6.25. The fourth-order valence-corrected chi connectivity index (χ4v) is 3.24. The highest BCUT2D eigenvalue weighted by atomic mass is 79.9. The van der Waals surface area contributed by atoms with Crippen LogP contribution in [0.2, 0.25) is 0 Å². The van der Waals surface area contributed by atoms with Crippen molar-refractivity contribution in [2.45, 2.75) is 24.8 Å². The molecular weight excluding hydrogens is 328 g/mol. The van der Waals surface area contributed by atoms with Gasteiger partial charge in [-0.15, -0.1) is 11.6 Å². The van der Waals surface area contributed by atoms with Crippen LogP contribution in [0.25, 0.3) is 11.2 Å². The number of fused-ring (bicyclic) bond motifs is 1. The number of pyridine rings is 1. The number of halogens is 2. The zero-order chi connectivity index (χ0) is 13.4. The first-order valence-electron chi connectivity index (χ1n) is 6.46. The highest BCUT2D eigenvalue weighted by Gasteiger charge is 2.23. The number of nitrogens with zero attached hydrogens (tertiary/aromatic N) is 4. The third-order valence-electron chi connectivity index (χ3n) is 3.74. The van der Waals surface area contributed by atoms with Crippen molar-refractivity contribution < 1.29 is 0 Å². The van der Waals surface area contributed by atoms with E-state index < -0.39 is 0 Å². The first kappa shape index (κ1) is 13.3. The fourth-order valence-electron chi connectivity index (χ4n) is 2.74. The Morgan fingerprint density at radius 3 is 2.84 bits per heavy atom. The molecule has 2 aromatic heterocycles. The Balaban J connectivity index is 2.05. The zero-order valence-electron chi connectivity index (χ0n) is 10.8. The van der Waals surface area contributed by atoms with Gasteiger partial charge in [0.15, 0.2) is 5.65 Å². The summed E-state index contributed by atoms with van der Waals surface area (Å²) >= 11 is 9.50. The van der Waals surface area contributed by atoms with Gasteiger partial charge in [0, 0.05) is 16.7 Å². The molecule has 0 N–H and O–H groups in total. The Labute approximate surface area is 125 Å². The molecular formula is C13H16BrClN4. The average Bonchev–Trinajstić information content (AvgIpc) is 2.77. The summed E-state index contributed by atoms with van der Waals surface area (Å²) in [7, 11) is 2.17. The van der Waals surface area contributed by atoms with E-state index in [0.717, 1.165) is 47.4 Å². The van der Waals surface area contributed by atoms with Crippen LogP contribution in [0.1, 0.15) is 24.7 Å². The Kier molecular flexibility index (Phi) is 3.78. The van der Waals surface area contributed by atoms with Crippen molar-refractivity contribution in [1.82, 2.24) is 19.4 Å². The summed E-state index contributed by atoms with van der Waals surface area (Å²) < 4.78 is 3.19. The second-order valence-electron chi connectivity index (χ2n) is 5.06. The van der Waals surface area contributed by atoms with Crippen LogP contribution in [0.5, 0.6) is 0 Å². The molecule has 0 aliphatic carbocycles. The SMILES string of the molecule is CN1CCC(n2c(CCl)nc3cc(Br)cnc32)CC1. The largest absolute Gasteiger partial charge is 0.308 e. The van der Waals surface area contributed by atoms with E-state index in [1.165, 1.54) is 0 Å². The van der Waals surface area contributed by atoms with Crippen LogP contribution >= 0.6 is 27.5 Å². The number of piperidine rings is 1. The molecule has 2 aromatic rings. The predicted octanol–water partition coefficient (Wildman–Crippen LogP) is 3.20. The molecule has 0 amide bonds. The van der Waals surface area contributed by atoms with Crippen molar-refractivity contribution >= 4 is 38.7 Å². The lowest BCUT2D eigenvalue weighted by atomic mass is 10.1. The maximum Gasteiger partial charge on any atom is 0.160 e. The van der Waals surface area contributed by atoms with Gasteiger partial charge < -0.3 is 9.47 Å². The van der Waals surface area contributed by atoms with Gasteiger partial charge in [0.05, 0.1) is 5.88 Å². The highest BCUT2D eigenvalue weighted by Crippen LogP contribution is 2.29. The molecule has 0 spiro atoms. The number of rotatable bonds is 2. The van der Waals surface area contributed by atoms with Crippen molar-refractivity contribution in [2.24, 2.45) is 0 Å². The van der Waals surface area contributed by atoms with Crippen LogP contribution in [-0.4, -0.2) is 39.6 Å². The molecule has 3 heterocycles. The van der Waals surface area contributed by atoms with Gasteiger partial charge in [-0.1, -0.05) is 0 Å². The van der Waals surface area contributed by atoms with Crippen LogP contribution in [0.3, 0.4) is 0 Å². The van der Waals surface area contributed by atoms with Crippen molar-refractivity contribution in [2.75, 3.05) is 20.1 Å². The van der Waals surface area contributed by atoms with E-state index in [2.05, 4.69) is 42.4 Å². The number of aromatic nitrogens is 3. The van der Waals surface area contributed by atoms with Crippen LogP contribution in [0.15, 0.2) is 16.7 Å². The van der Waals surface area contributed by atoms with E-state index in [-0.39, 0.29) is 0 Å². The number of hydrogen-bond acceptors (Lipinski definition) is 3. The van der Waals surface area contributed by atoms with Crippen molar-refractivity contribution in [3.05, 3.63) is 22.6 Å². The number of hydrogen-bond donors (Lipinski definition) is 0. The minimum Gasteiger partial charge on any atom is -0.308 e. The number of imidazole rings is 1. The molecule has 0 saturated carbocycles. The molecule has 3 rings (SSSR count). The molecule has 1 aliphatic rings. The monoisotopic (exact) mass is 342 g/mol. The lowest BCUT2D eigenvalue weighted by Crippen LogP contribution is -2.32. The van der Waals surface area contributed by atoms with Gasteiger partial charge in [0.1, 0.15) is 11.3 Å². The van der Waals surface area contributed by atoms with E-state index in [1.54, 1.807) is 0 Å². The smallest absolute Gasteiger partial charge is 0.160 e. The van der Waals surface area contributed by atoms with Crippen LogP contribution in [0.4, 0.5) is 0 Å². The van der Waals surface area contributed by atoms with E-state index in [0.29, 0.717) is 11.9 Å². The lowest BCUT2D eigenvalue weighted by molar-refractivity contribution is 0.221.